The highest BCUT2D eigenvalue weighted by Gasteiger charge is 2.36. The Balaban J connectivity index is 1.64. The molecule has 1 aromatic rings. The fraction of sp³-hybridized carbons (Fsp3) is 0.824. The number of hydrogen-bond acceptors (Lipinski definition) is 3. The number of rotatable bonds is 4. The minimum absolute atomic E-state index is 0.478. The molecule has 0 amide bonds. The van der Waals surface area contributed by atoms with Gasteiger partial charge in [-0.2, -0.15) is 0 Å². The highest BCUT2D eigenvalue weighted by Crippen LogP contribution is 2.44. The van der Waals surface area contributed by atoms with Crippen LogP contribution in [0.4, 0.5) is 0 Å². The lowest BCUT2D eigenvalue weighted by Crippen LogP contribution is -2.34. The van der Waals surface area contributed by atoms with Crippen LogP contribution in [-0.2, 0) is 0 Å². The Kier molecular flexibility index (Phi) is 4.19. The summed E-state index contributed by atoms with van der Waals surface area (Å²) in [6.45, 7) is 7.20. The van der Waals surface area contributed by atoms with Gasteiger partial charge in [0.1, 0.15) is 5.01 Å². The lowest BCUT2D eigenvalue weighted by molar-refractivity contribution is 0.132. The number of aromatic nitrogens is 1. The van der Waals surface area contributed by atoms with E-state index < -0.39 is 0 Å². The smallest absolute Gasteiger partial charge is 0.110 e. The number of nitrogens with zero attached hydrogens (tertiary/aromatic N) is 1. The third kappa shape index (κ3) is 3.43. The fourth-order valence-corrected chi connectivity index (χ4v) is 4.41. The van der Waals surface area contributed by atoms with Crippen LogP contribution < -0.4 is 5.32 Å². The Morgan fingerprint density at radius 3 is 2.35 bits per heavy atom. The minimum Gasteiger partial charge on any atom is -0.305 e. The number of thiazole rings is 1. The Labute approximate surface area is 127 Å². The highest BCUT2D eigenvalue weighted by molar-refractivity contribution is 7.09. The van der Waals surface area contributed by atoms with E-state index >= 15 is 0 Å². The van der Waals surface area contributed by atoms with Crippen molar-refractivity contribution >= 4 is 11.3 Å². The van der Waals surface area contributed by atoms with E-state index in [4.69, 9.17) is 0 Å². The Hall–Kier alpha value is -0.410. The van der Waals surface area contributed by atoms with Crippen molar-refractivity contribution in [3.05, 3.63) is 16.6 Å². The Morgan fingerprint density at radius 2 is 1.85 bits per heavy atom. The van der Waals surface area contributed by atoms with Gasteiger partial charge in [-0.15, -0.1) is 11.3 Å². The molecule has 1 atom stereocenters. The lowest BCUT2D eigenvalue weighted by Gasteiger charge is -2.39. The third-order valence-electron chi connectivity index (χ3n) is 5.18. The van der Waals surface area contributed by atoms with Crippen LogP contribution in [0.5, 0.6) is 0 Å². The third-order valence-corrected chi connectivity index (χ3v) is 6.04. The molecule has 3 heteroatoms. The van der Waals surface area contributed by atoms with Crippen LogP contribution in [0.2, 0.25) is 0 Å². The molecule has 2 aliphatic carbocycles. The molecule has 2 nitrogen and oxygen atoms in total. The van der Waals surface area contributed by atoms with E-state index in [0.717, 1.165) is 17.9 Å². The molecule has 0 bridgehead atoms. The summed E-state index contributed by atoms with van der Waals surface area (Å²) in [6, 6.07) is 1.28. The van der Waals surface area contributed by atoms with Gasteiger partial charge in [-0.05, 0) is 55.8 Å². The molecule has 0 saturated heterocycles. The quantitative estimate of drug-likeness (QED) is 0.863. The fourth-order valence-electron chi connectivity index (χ4n) is 3.62. The summed E-state index contributed by atoms with van der Waals surface area (Å²) in [7, 11) is 0. The molecule has 20 heavy (non-hydrogen) atoms. The molecule has 3 rings (SSSR count). The second-order valence-corrected chi connectivity index (χ2v) is 8.69. The Bertz CT molecular complexity index is 409. The summed E-state index contributed by atoms with van der Waals surface area (Å²) in [6.07, 6.45) is 10.2. The van der Waals surface area contributed by atoms with Crippen molar-refractivity contribution in [2.24, 2.45) is 17.3 Å². The van der Waals surface area contributed by atoms with Crippen molar-refractivity contribution in [3.8, 4) is 0 Å². The van der Waals surface area contributed by atoms with Crippen LogP contribution in [-0.4, -0.2) is 11.0 Å². The van der Waals surface area contributed by atoms with Crippen molar-refractivity contribution in [1.29, 1.82) is 0 Å². The highest BCUT2D eigenvalue weighted by atomic mass is 32.1. The molecule has 1 heterocycles. The van der Waals surface area contributed by atoms with Crippen LogP contribution in [0.25, 0.3) is 0 Å². The molecule has 0 aromatic carbocycles. The molecule has 0 spiro atoms. The van der Waals surface area contributed by atoms with E-state index in [2.05, 4.69) is 36.5 Å². The summed E-state index contributed by atoms with van der Waals surface area (Å²) in [5.41, 5.74) is 0.478. The van der Waals surface area contributed by atoms with Gasteiger partial charge in [0.2, 0.25) is 0 Å². The molecule has 0 radical (unpaired) electrons. The minimum atomic E-state index is 0.478. The number of hydrogen-bond donors (Lipinski definition) is 1. The standard InChI is InChI=1S/C17H28N2S/c1-17(2,3)13-6-4-12(5-7-13)15(19-14-8-9-14)16-18-10-11-20-16/h10-15,19H,4-9H2,1-3H3. The van der Waals surface area contributed by atoms with Gasteiger partial charge < -0.3 is 5.32 Å². The topological polar surface area (TPSA) is 24.9 Å². The average molecular weight is 292 g/mol. The van der Waals surface area contributed by atoms with Gasteiger partial charge in [0.25, 0.3) is 0 Å². The Morgan fingerprint density at radius 1 is 1.15 bits per heavy atom. The molecule has 2 aliphatic rings. The van der Waals surface area contributed by atoms with E-state index in [1.807, 2.05) is 17.5 Å². The van der Waals surface area contributed by atoms with E-state index in [1.165, 1.54) is 43.5 Å². The molecular formula is C17H28N2S. The average Bonchev–Trinajstić information content (AvgIpc) is 3.07. The molecule has 2 fully saturated rings. The summed E-state index contributed by atoms with van der Waals surface area (Å²) < 4.78 is 0. The summed E-state index contributed by atoms with van der Waals surface area (Å²) in [4.78, 5) is 4.60. The van der Waals surface area contributed by atoms with Crippen molar-refractivity contribution in [2.75, 3.05) is 0 Å². The predicted molar refractivity (Wildman–Crippen MR) is 85.9 cm³/mol. The number of nitrogens with one attached hydrogen (secondary N) is 1. The predicted octanol–water partition coefficient (Wildman–Crippen LogP) is 4.79. The molecule has 1 unspecified atom stereocenters. The van der Waals surface area contributed by atoms with Crippen LogP contribution in [0.3, 0.4) is 0 Å². The zero-order valence-electron chi connectivity index (χ0n) is 13.1. The van der Waals surface area contributed by atoms with Crippen molar-refractivity contribution in [3.63, 3.8) is 0 Å². The normalized spacial score (nSPS) is 29.4. The molecule has 2 saturated carbocycles. The van der Waals surface area contributed by atoms with E-state index in [0.29, 0.717) is 11.5 Å². The van der Waals surface area contributed by atoms with Gasteiger partial charge in [-0.25, -0.2) is 4.98 Å². The van der Waals surface area contributed by atoms with Gasteiger partial charge in [0, 0.05) is 17.6 Å². The zero-order valence-corrected chi connectivity index (χ0v) is 13.9. The second kappa shape index (κ2) is 5.76. The van der Waals surface area contributed by atoms with Gasteiger partial charge in [0.05, 0.1) is 6.04 Å². The SMILES string of the molecule is CC(C)(C)C1CCC(C(NC2CC2)c2nccs2)CC1. The van der Waals surface area contributed by atoms with Gasteiger partial charge in [-0.1, -0.05) is 20.8 Å². The maximum absolute atomic E-state index is 4.60. The van der Waals surface area contributed by atoms with Crippen molar-refractivity contribution in [1.82, 2.24) is 10.3 Å². The van der Waals surface area contributed by atoms with Gasteiger partial charge >= 0.3 is 0 Å². The van der Waals surface area contributed by atoms with E-state index in [9.17, 15) is 0 Å². The first-order valence-electron chi connectivity index (χ1n) is 8.19. The van der Waals surface area contributed by atoms with Crippen LogP contribution in [0.15, 0.2) is 11.6 Å². The zero-order chi connectivity index (χ0) is 14.2. The largest absolute Gasteiger partial charge is 0.305 e. The summed E-state index contributed by atoms with van der Waals surface area (Å²) in [5.74, 6) is 1.69. The monoisotopic (exact) mass is 292 g/mol. The van der Waals surface area contributed by atoms with Crippen LogP contribution >= 0.6 is 11.3 Å². The first-order valence-corrected chi connectivity index (χ1v) is 9.07. The first-order chi connectivity index (χ1) is 9.54. The summed E-state index contributed by atoms with van der Waals surface area (Å²) >= 11 is 1.83. The molecule has 1 aromatic heterocycles. The maximum atomic E-state index is 4.60. The van der Waals surface area contributed by atoms with Gasteiger partial charge in [-0.3, -0.25) is 0 Å². The van der Waals surface area contributed by atoms with Crippen LogP contribution in [0, 0.1) is 17.3 Å². The van der Waals surface area contributed by atoms with Crippen molar-refractivity contribution < 1.29 is 0 Å². The first kappa shape index (κ1) is 14.5. The lowest BCUT2D eigenvalue weighted by atomic mass is 9.68. The molecule has 0 aliphatic heterocycles. The molecule has 1 N–H and O–H groups in total. The summed E-state index contributed by atoms with van der Waals surface area (Å²) in [5, 5.41) is 7.30. The van der Waals surface area contributed by atoms with Crippen molar-refractivity contribution in [2.45, 2.75) is 71.4 Å². The van der Waals surface area contributed by atoms with E-state index in [-0.39, 0.29) is 0 Å². The molecular weight excluding hydrogens is 264 g/mol. The maximum Gasteiger partial charge on any atom is 0.110 e. The molecule has 112 valence electrons. The second-order valence-electron chi connectivity index (χ2n) is 7.77. The van der Waals surface area contributed by atoms with Crippen LogP contribution in [0.1, 0.15) is 70.3 Å². The van der Waals surface area contributed by atoms with Gasteiger partial charge in [0.15, 0.2) is 0 Å². The van der Waals surface area contributed by atoms with E-state index in [1.54, 1.807) is 0 Å².